The normalized spacial score (nSPS) is 11.6. The predicted molar refractivity (Wildman–Crippen MR) is 120 cm³/mol. The minimum atomic E-state index is -0.743. The maximum atomic E-state index is 12.6. The number of methoxy groups -OCH3 is 1. The first-order valence-electron chi connectivity index (χ1n) is 10.3. The van der Waals surface area contributed by atoms with Crippen molar-refractivity contribution in [2.24, 2.45) is 0 Å². The average molecular weight is 421 g/mol. The number of rotatable bonds is 9. The summed E-state index contributed by atoms with van der Waals surface area (Å²) in [4.78, 5) is 25.0. The Morgan fingerprint density at radius 2 is 1.84 bits per heavy atom. The molecule has 31 heavy (non-hydrogen) atoms. The molecule has 1 atom stereocenters. The van der Waals surface area contributed by atoms with Crippen LogP contribution in [0, 0.1) is 0 Å². The number of nitrogens with zero attached hydrogens (tertiary/aromatic N) is 2. The maximum Gasteiger partial charge on any atom is 0.267 e. The van der Waals surface area contributed by atoms with Crippen LogP contribution < -0.4 is 20.3 Å². The molecular weight excluding hydrogens is 394 g/mol. The summed E-state index contributed by atoms with van der Waals surface area (Å²) in [6.45, 7) is 4.60. The lowest BCUT2D eigenvalue weighted by Gasteiger charge is -2.15. The molecule has 0 saturated heterocycles. The Bertz CT molecular complexity index is 1080. The highest BCUT2D eigenvalue weighted by molar-refractivity contribution is 5.79. The van der Waals surface area contributed by atoms with Crippen LogP contribution >= 0.6 is 0 Å². The SMILES string of the molecule is CCOc1ccc(-c2ccc(=O)n(C(C)C(=O)NCCc3ccccc3OC)n2)cc1. The van der Waals surface area contributed by atoms with Crippen LogP contribution in [0.4, 0.5) is 0 Å². The van der Waals surface area contributed by atoms with Crippen molar-refractivity contribution in [2.45, 2.75) is 26.3 Å². The molecule has 7 nitrogen and oxygen atoms in total. The van der Waals surface area contributed by atoms with Gasteiger partial charge in [0.05, 0.1) is 19.4 Å². The molecular formula is C24H27N3O4. The molecule has 0 fully saturated rings. The van der Waals surface area contributed by atoms with Crippen LogP contribution in [0.15, 0.2) is 65.5 Å². The minimum absolute atomic E-state index is 0.270. The quantitative estimate of drug-likeness (QED) is 0.574. The molecule has 0 radical (unpaired) electrons. The third kappa shape index (κ3) is 5.51. The lowest BCUT2D eigenvalue weighted by molar-refractivity contribution is -0.124. The van der Waals surface area contributed by atoms with Crippen molar-refractivity contribution in [1.82, 2.24) is 15.1 Å². The number of ether oxygens (including phenoxy) is 2. The van der Waals surface area contributed by atoms with Gasteiger partial charge in [-0.15, -0.1) is 0 Å². The molecule has 1 heterocycles. The van der Waals surface area contributed by atoms with E-state index in [1.165, 1.54) is 10.7 Å². The number of hydrogen-bond donors (Lipinski definition) is 1. The van der Waals surface area contributed by atoms with Crippen LogP contribution in [0.5, 0.6) is 11.5 Å². The highest BCUT2D eigenvalue weighted by Gasteiger charge is 2.18. The highest BCUT2D eigenvalue weighted by Crippen LogP contribution is 2.20. The second kappa shape index (κ2) is 10.4. The number of amides is 1. The van der Waals surface area contributed by atoms with Gasteiger partial charge >= 0.3 is 0 Å². The summed E-state index contributed by atoms with van der Waals surface area (Å²) in [5.74, 6) is 1.28. The first-order valence-corrected chi connectivity index (χ1v) is 10.3. The average Bonchev–Trinajstić information content (AvgIpc) is 2.80. The zero-order chi connectivity index (χ0) is 22.2. The third-order valence-corrected chi connectivity index (χ3v) is 4.92. The number of para-hydroxylation sites is 1. The van der Waals surface area contributed by atoms with Crippen molar-refractivity contribution in [2.75, 3.05) is 20.3 Å². The van der Waals surface area contributed by atoms with Gasteiger partial charge in [-0.1, -0.05) is 18.2 Å². The van der Waals surface area contributed by atoms with Crippen LogP contribution in [-0.2, 0) is 11.2 Å². The van der Waals surface area contributed by atoms with Crippen molar-refractivity contribution in [3.8, 4) is 22.8 Å². The summed E-state index contributed by atoms with van der Waals surface area (Å²) in [7, 11) is 1.62. The molecule has 1 N–H and O–H groups in total. The fraction of sp³-hybridized carbons (Fsp3) is 0.292. The van der Waals surface area contributed by atoms with Gasteiger partial charge in [0.1, 0.15) is 17.5 Å². The summed E-state index contributed by atoms with van der Waals surface area (Å²) >= 11 is 0. The predicted octanol–water partition coefficient (Wildman–Crippen LogP) is 3.24. The molecule has 7 heteroatoms. The fourth-order valence-corrected chi connectivity index (χ4v) is 3.23. The molecule has 1 aromatic heterocycles. The Labute approximate surface area is 181 Å². The molecule has 0 aliphatic carbocycles. The van der Waals surface area contributed by atoms with Crippen molar-refractivity contribution in [1.29, 1.82) is 0 Å². The van der Waals surface area contributed by atoms with E-state index in [1.807, 2.05) is 55.5 Å². The van der Waals surface area contributed by atoms with E-state index >= 15 is 0 Å². The van der Waals surface area contributed by atoms with Gasteiger partial charge in [-0.3, -0.25) is 9.59 Å². The van der Waals surface area contributed by atoms with Crippen molar-refractivity contribution in [3.63, 3.8) is 0 Å². The minimum Gasteiger partial charge on any atom is -0.496 e. The van der Waals surface area contributed by atoms with Gasteiger partial charge in [0.15, 0.2) is 0 Å². The number of nitrogens with one attached hydrogen (secondary N) is 1. The van der Waals surface area contributed by atoms with Crippen molar-refractivity contribution in [3.05, 3.63) is 76.6 Å². The van der Waals surface area contributed by atoms with E-state index in [-0.39, 0.29) is 11.5 Å². The molecule has 0 aliphatic heterocycles. The zero-order valence-corrected chi connectivity index (χ0v) is 18.0. The Kier molecular flexibility index (Phi) is 7.43. The molecule has 2 aromatic carbocycles. The standard InChI is InChI=1S/C24H27N3O4/c1-4-31-20-11-9-18(10-12-20)21-13-14-23(28)27(26-21)17(2)24(29)25-16-15-19-7-5-6-8-22(19)30-3/h5-14,17H,4,15-16H2,1-3H3,(H,25,29). The zero-order valence-electron chi connectivity index (χ0n) is 18.0. The van der Waals surface area contributed by atoms with Gasteiger partial charge in [-0.2, -0.15) is 5.10 Å². The van der Waals surface area contributed by atoms with Crippen LogP contribution in [-0.4, -0.2) is 35.9 Å². The molecule has 1 unspecified atom stereocenters. The number of hydrogen-bond acceptors (Lipinski definition) is 5. The van der Waals surface area contributed by atoms with Gasteiger partial charge in [0.2, 0.25) is 5.91 Å². The molecule has 0 bridgehead atoms. The van der Waals surface area contributed by atoms with Crippen molar-refractivity contribution >= 4 is 5.91 Å². The smallest absolute Gasteiger partial charge is 0.267 e. The summed E-state index contributed by atoms with van der Waals surface area (Å²) in [5, 5.41) is 7.29. The van der Waals surface area contributed by atoms with Crippen LogP contribution in [0.3, 0.4) is 0 Å². The van der Waals surface area contributed by atoms with Gasteiger partial charge < -0.3 is 14.8 Å². The number of benzene rings is 2. The summed E-state index contributed by atoms with van der Waals surface area (Å²) in [6, 6.07) is 17.5. The number of carbonyl (C=O) groups excluding carboxylic acids is 1. The van der Waals surface area contributed by atoms with E-state index in [9.17, 15) is 9.59 Å². The summed E-state index contributed by atoms with van der Waals surface area (Å²) < 4.78 is 12.0. The van der Waals surface area contributed by atoms with E-state index in [0.717, 1.165) is 22.6 Å². The van der Waals surface area contributed by atoms with E-state index in [2.05, 4.69) is 10.4 Å². The van der Waals surface area contributed by atoms with Gasteiger partial charge in [0.25, 0.3) is 5.56 Å². The van der Waals surface area contributed by atoms with Crippen LogP contribution in [0.25, 0.3) is 11.3 Å². The van der Waals surface area contributed by atoms with Gasteiger partial charge in [-0.25, -0.2) is 4.68 Å². The second-order valence-corrected chi connectivity index (χ2v) is 6.99. The molecule has 0 aliphatic rings. The molecule has 1 amide bonds. The van der Waals surface area contributed by atoms with Crippen LogP contribution in [0.1, 0.15) is 25.5 Å². The maximum absolute atomic E-state index is 12.6. The largest absolute Gasteiger partial charge is 0.496 e. The van der Waals surface area contributed by atoms with Crippen LogP contribution in [0.2, 0.25) is 0 Å². The molecule has 162 valence electrons. The lowest BCUT2D eigenvalue weighted by atomic mass is 10.1. The number of aromatic nitrogens is 2. The lowest BCUT2D eigenvalue weighted by Crippen LogP contribution is -2.37. The second-order valence-electron chi connectivity index (χ2n) is 6.99. The van der Waals surface area contributed by atoms with E-state index in [0.29, 0.717) is 25.3 Å². The first-order chi connectivity index (χ1) is 15.0. The Morgan fingerprint density at radius 3 is 2.55 bits per heavy atom. The van der Waals surface area contributed by atoms with Gasteiger partial charge in [0, 0.05) is 18.2 Å². The van der Waals surface area contributed by atoms with E-state index < -0.39 is 6.04 Å². The summed E-state index contributed by atoms with van der Waals surface area (Å²) in [6.07, 6.45) is 0.622. The topological polar surface area (TPSA) is 82.5 Å². The highest BCUT2D eigenvalue weighted by atomic mass is 16.5. The third-order valence-electron chi connectivity index (χ3n) is 4.92. The number of carbonyl (C=O) groups is 1. The summed E-state index contributed by atoms with van der Waals surface area (Å²) in [5.41, 5.74) is 2.12. The molecule has 3 rings (SSSR count). The molecule has 0 spiro atoms. The van der Waals surface area contributed by atoms with E-state index in [1.54, 1.807) is 20.1 Å². The molecule has 3 aromatic rings. The Hall–Kier alpha value is -3.61. The first kappa shape index (κ1) is 22.1. The monoisotopic (exact) mass is 421 g/mol. The molecule has 0 saturated carbocycles. The van der Waals surface area contributed by atoms with E-state index in [4.69, 9.17) is 9.47 Å². The fourth-order valence-electron chi connectivity index (χ4n) is 3.23. The van der Waals surface area contributed by atoms with Gasteiger partial charge in [-0.05, 0) is 62.2 Å². The Morgan fingerprint density at radius 1 is 1.10 bits per heavy atom. The Balaban J connectivity index is 1.69. The van der Waals surface area contributed by atoms with Crippen molar-refractivity contribution < 1.29 is 14.3 Å².